The van der Waals surface area contributed by atoms with Gasteiger partial charge in [0.05, 0.1) is 5.69 Å². The van der Waals surface area contributed by atoms with Crippen molar-refractivity contribution in [2.45, 2.75) is 0 Å². The maximum atomic E-state index is 11.4. The molecule has 1 rings (SSSR count). The van der Waals surface area contributed by atoms with Crippen molar-refractivity contribution in [3.05, 3.63) is 29.8 Å². The zero-order chi connectivity index (χ0) is 12.1. The van der Waals surface area contributed by atoms with Gasteiger partial charge in [0.2, 0.25) is 0 Å². The Bertz CT molecular complexity index is 415. The van der Waals surface area contributed by atoms with Crippen LogP contribution in [0, 0.1) is 0 Å². The van der Waals surface area contributed by atoms with Gasteiger partial charge in [-0.05, 0) is 12.1 Å². The average molecular weight is 222 g/mol. The van der Waals surface area contributed by atoms with E-state index in [1.54, 1.807) is 38.4 Å². The second-order valence-electron chi connectivity index (χ2n) is 3.36. The predicted molar refractivity (Wildman–Crippen MR) is 61.7 cm³/mol. The molecule has 0 saturated carbocycles. The van der Waals surface area contributed by atoms with E-state index in [1.807, 2.05) is 0 Å². The van der Waals surface area contributed by atoms with Crippen LogP contribution >= 0.6 is 0 Å². The number of amides is 2. The van der Waals surface area contributed by atoms with Crippen molar-refractivity contribution < 1.29 is 10.0 Å². The van der Waals surface area contributed by atoms with Crippen LogP contribution in [0.15, 0.2) is 29.4 Å². The molecule has 0 heterocycles. The number of carbonyl (C=O) groups excluding carboxylic acids is 1. The van der Waals surface area contributed by atoms with Crippen LogP contribution in [-0.2, 0) is 0 Å². The number of amidine groups is 1. The van der Waals surface area contributed by atoms with Crippen molar-refractivity contribution in [1.82, 2.24) is 4.90 Å². The van der Waals surface area contributed by atoms with Gasteiger partial charge in [-0.2, -0.15) is 0 Å². The van der Waals surface area contributed by atoms with Crippen molar-refractivity contribution in [2.24, 2.45) is 10.9 Å². The van der Waals surface area contributed by atoms with E-state index < -0.39 is 0 Å². The second kappa shape index (κ2) is 5.01. The lowest BCUT2D eigenvalue weighted by molar-refractivity contribution is 0.230. The van der Waals surface area contributed by atoms with Crippen LogP contribution in [0.3, 0.4) is 0 Å². The van der Waals surface area contributed by atoms with E-state index in [0.717, 1.165) is 0 Å². The Morgan fingerprint density at radius 3 is 2.62 bits per heavy atom. The summed E-state index contributed by atoms with van der Waals surface area (Å²) < 4.78 is 0. The van der Waals surface area contributed by atoms with Gasteiger partial charge < -0.3 is 21.2 Å². The first kappa shape index (κ1) is 11.8. The van der Waals surface area contributed by atoms with Crippen molar-refractivity contribution in [2.75, 3.05) is 19.4 Å². The molecule has 0 radical (unpaired) electrons. The van der Waals surface area contributed by atoms with Crippen LogP contribution in [0.1, 0.15) is 5.56 Å². The van der Waals surface area contributed by atoms with E-state index in [-0.39, 0.29) is 11.9 Å². The maximum Gasteiger partial charge on any atom is 0.321 e. The SMILES string of the molecule is CN(C)C(=O)Nc1ccccc1C(N)=NO. The summed E-state index contributed by atoms with van der Waals surface area (Å²) in [5, 5.41) is 14.1. The molecule has 1 aromatic carbocycles. The number of hydrogen-bond acceptors (Lipinski definition) is 3. The number of urea groups is 1. The fourth-order valence-electron chi connectivity index (χ4n) is 1.10. The van der Waals surface area contributed by atoms with Crippen LogP contribution in [0.4, 0.5) is 10.5 Å². The molecule has 0 aliphatic carbocycles. The van der Waals surface area contributed by atoms with Gasteiger partial charge in [0, 0.05) is 19.7 Å². The predicted octanol–water partition coefficient (Wildman–Crippen LogP) is 0.875. The molecule has 0 atom stereocenters. The van der Waals surface area contributed by atoms with Gasteiger partial charge in [-0.25, -0.2) is 4.79 Å². The van der Waals surface area contributed by atoms with Gasteiger partial charge in [0.25, 0.3) is 0 Å². The number of anilines is 1. The quantitative estimate of drug-likeness (QED) is 0.300. The van der Waals surface area contributed by atoms with Crippen molar-refractivity contribution >= 4 is 17.6 Å². The molecule has 0 spiro atoms. The molecule has 0 aliphatic heterocycles. The summed E-state index contributed by atoms with van der Waals surface area (Å²) in [6.45, 7) is 0. The van der Waals surface area contributed by atoms with Crippen molar-refractivity contribution in [3.63, 3.8) is 0 Å². The monoisotopic (exact) mass is 222 g/mol. The minimum atomic E-state index is -0.279. The Morgan fingerprint density at radius 2 is 2.06 bits per heavy atom. The van der Waals surface area contributed by atoms with Gasteiger partial charge >= 0.3 is 6.03 Å². The van der Waals surface area contributed by atoms with Crippen LogP contribution in [0.25, 0.3) is 0 Å². The summed E-state index contributed by atoms with van der Waals surface area (Å²) in [5.74, 6) is -0.0466. The minimum Gasteiger partial charge on any atom is -0.409 e. The summed E-state index contributed by atoms with van der Waals surface area (Å²) in [5.41, 5.74) is 6.45. The lowest BCUT2D eigenvalue weighted by atomic mass is 10.1. The summed E-state index contributed by atoms with van der Waals surface area (Å²) >= 11 is 0. The van der Waals surface area contributed by atoms with Gasteiger partial charge in [-0.3, -0.25) is 0 Å². The number of nitrogens with two attached hydrogens (primary N) is 1. The number of hydrogen-bond donors (Lipinski definition) is 3. The fourth-order valence-corrected chi connectivity index (χ4v) is 1.10. The molecular weight excluding hydrogens is 208 g/mol. The highest BCUT2D eigenvalue weighted by Crippen LogP contribution is 2.14. The third-order valence-corrected chi connectivity index (χ3v) is 1.96. The number of carbonyl (C=O) groups is 1. The summed E-state index contributed by atoms with van der Waals surface area (Å²) in [6, 6.07) is 6.53. The van der Waals surface area contributed by atoms with E-state index in [4.69, 9.17) is 10.9 Å². The van der Waals surface area contributed by atoms with Gasteiger partial charge in [-0.15, -0.1) is 0 Å². The Labute approximate surface area is 93.3 Å². The number of para-hydroxylation sites is 1. The lowest BCUT2D eigenvalue weighted by Gasteiger charge is -2.14. The van der Waals surface area contributed by atoms with E-state index in [1.165, 1.54) is 4.90 Å². The van der Waals surface area contributed by atoms with Crippen molar-refractivity contribution in [3.8, 4) is 0 Å². The fraction of sp³-hybridized carbons (Fsp3) is 0.200. The molecule has 0 bridgehead atoms. The largest absolute Gasteiger partial charge is 0.409 e. The Kier molecular flexibility index (Phi) is 3.71. The molecule has 4 N–H and O–H groups in total. The normalized spacial score (nSPS) is 11.0. The van der Waals surface area contributed by atoms with E-state index in [2.05, 4.69) is 10.5 Å². The number of benzene rings is 1. The number of rotatable bonds is 2. The van der Waals surface area contributed by atoms with Crippen LogP contribution in [-0.4, -0.2) is 36.1 Å². The zero-order valence-electron chi connectivity index (χ0n) is 9.14. The number of nitrogens with one attached hydrogen (secondary N) is 1. The minimum absolute atomic E-state index is 0.0466. The summed E-state index contributed by atoms with van der Waals surface area (Å²) in [7, 11) is 3.25. The molecule has 1 aromatic rings. The molecule has 16 heavy (non-hydrogen) atoms. The van der Waals surface area contributed by atoms with Crippen LogP contribution in [0.2, 0.25) is 0 Å². The molecule has 0 unspecified atom stereocenters. The van der Waals surface area contributed by atoms with Gasteiger partial charge in [0.15, 0.2) is 5.84 Å². The molecule has 6 nitrogen and oxygen atoms in total. The molecular formula is C10H14N4O2. The molecule has 6 heteroatoms. The molecule has 0 fully saturated rings. The highest BCUT2D eigenvalue weighted by atomic mass is 16.4. The zero-order valence-corrected chi connectivity index (χ0v) is 9.14. The lowest BCUT2D eigenvalue weighted by Crippen LogP contribution is -2.28. The molecule has 86 valence electrons. The third-order valence-electron chi connectivity index (χ3n) is 1.96. The number of oxime groups is 1. The molecule has 0 saturated heterocycles. The first-order valence-corrected chi connectivity index (χ1v) is 4.61. The summed E-state index contributed by atoms with van der Waals surface area (Å²) in [4.78, 5) is 12.8. The Hall–Kier alpha value is -2.24. The summed E-state index contributed by atoms with van der Waals surface area (Å²) in [6.07, 6.45) is 0. The van der Waals surface area contributed by atoms with E-state index in [0.29, 0.717) is 11.3 Å². The van der Waals surface area contributed by atoms with Gasteiger partial charge in [-0.1, -0.05) is 17.3 Å². The second-order valence-corrected chi connectivity index (χ2v) is 3.36. The number of nitrogens with zero attached hydrogens (tertiary/aromatic N) is 2. The van der Waals surface area contributed by atoms with E-state index in [9.17, 15) is 4.79 Å². The first-order valence-electron chi connectivity index (χ1n) is 4.61. The van der Waals surface area contributed by atoms with Crippen molar-refractivity contribution in [1.29, 1.82) is 0 Å². The molecule has 0 aliphatic rings. The standard InChI is InChI=1S/C10H14N4O2/c1-14(2)10(15)12-8-6-4-3-5-7(8)9(11)13-16/h3-6,16H,1-2H3,(H2,11,13)(H,12,15). The highest BCUT2D eigenvalue weighted by molar-refractivity contribution is 6.05. The average Bonchev–Trinajstić information content (AvgIpc) is 2.28. The highest BCUT2D eigenvalue weighted by Gasteiger charge is 2.10. The van der Waals surface area contributed by atoms with Crippen LogP contribution < -0.4 is 11.1 Å². The maximum absolute atomic E-state index is 11.4. The van der Waals surface area contributed by atoms with Crippen LogP contribution in [0.5, 0.6) is 0 Å². The van der Waals surface area contributed by atoms with Gasteiger partial charge in [0.1, 0.15) is 0 Å². The molecule has 0 aromatic heterocycles. The first-order chi connectivity index (χ1) is 7.56. The smallest absolute Gasteiger partial charge is 0.321 e. The Balaban J connectivity index is 3.00. The van der Waals surface area contributed by atoms with E-state index >= 15 is 0 Å². The Morgan fingerprint density at radius 1 is 1.44 bits per heavy atom. The molecule has 2 amide bonds. The third kappa shape index (κ3) is 2.63. The topological polar surface area (TPSA) is 91.0 Å².